The van der Waals surface area contributed by atoms with Crippen molar-refractivity contribution in [3.63, 3.8) is 0 Å². The number of hydrogen-bond acceptors (Lipinski definition) is 4. The van der Waals surface area contributed by atoms with Crippen LogP contribution in [0.3, 0.4) is 0 Å². The van der Waals surface area contributed by atoms with Crippen LogP contribution in [-0.2, 0) is 9.53 Å². The van der Waals surface area contributed by atoms with E-state index < -0.39 is 17.7 Å². The lowest BCUT2D eigenvalue weighted by Gasteiger charge is -2.20. The maximum absolute atomic E-state index is 11.7. The fourth-order valence-corrected chi connectivity index (χ4v) is 2.22. The van der Waals surface area contributed by atoms with Crippen LogP contribution in [0.15, 0.2) is 18.2 Å². The molecule has 1 rings (SSSR count). The van der Waals surface area contributed by atoms with Crippen LogP contribution in [0.4, 0.5) is 10.5 Å². The molecule has 1 atom stereocenters. The monoisotopic (exact) mass is 328 g/mol. The number of anilines is 1. The maximum Gasteiger partial charge on any atom is 0.412 e. The van der Waals surface area contributed by atoms with Crippen molar-refractivity contribution in [1.82, 2.24) is 0 Å². The van der Waals surface area contributed by atoms with Gasteiger partial charge in [-0.1, -0.05) is 17.7 Å². The minimum absolute atomic E-state index is 0.102. The van der Waals surface area contributed by atoms with Gasteiger partial charge in [0, 0.05) is 16.6 Å². The summed E-state index contributed by atoms with van der Waals surface area (Å²) in [6.07, 6.45) is -0.688. The number of aliphatic carboxylic acids is 1. The van der Waals surface area contributed by atoms with E-state index >= 15 is 0 Å². The highest BCUT2D eigenvalue weighted by molar-refractivity contribution is 6.31. The van der Waals surface area contributed by atoms with Gasteiger partial charge in [-0.15, -0.1) is 0 Å². The molecular formula is C15H21ClN2O4. The lowest BCUT2D eigenvalue weighted by molar-refractivity contribution is -0.137. The van der Waals surface area contributed by atoms with Crippen molar-refractivity contribution in [1.29, 1.82) is 0 Å². The van der Waals surface area contributed by atoms with Crippen LogP contribution < -0.4 is 11.1 Å². The molecule has 0 bridgehead atoms. The summed E-state index contributed by atoms with van der Waals surface area (Å²) in [5.74, 6) is -1.32. The van der Waals surface area contributed by atoms with Crippen molar-refractivity contribution in [2.45, 2.75) is 38.7 Å². The molecule has 0 aliphatic carbocycles. The molecule has 22 heavy (non-hydrogen) atoms. The number of ether oxygens (including phenoxy) is 1. The van der Waals surface area contributed by atoms with Crippen LogP contribution in [0.25, 0.3) is 0 Å². The zero-order valence-electron chi connectivity index (χ0n) is 12.9. The molecule has 0 spiro atoms. The van der Waals surface area contributed by atoms with Crippen LogP contribution in [0.5, 0.6) is 0 Å². The van der Waals surface area contributed by atoms with Gasteiger partial charge in [0.15, 0.2) is 0 Å². The number of carbonyl (C=O) groups is 2. The number of carbonyl (C=O) groups excluding carboxylic acids is 1. The molecule has 122 valence electrons. The third-order valence-electron chi connectivity index (χ3n) is 2.79. The second kappa shape index (κ2) is 7.47. The number of hydrogen-bond donors (Lipinski definition) is 3. The Labute approximate surface area is 134 Å². The summed E-state index contributed by atoms with van der Waals surface area (Å²) in [7, 11) is 0. The Bertz CT molecular complexity index is 555. The first-order valence-corrected chi connectivity index (χ1v) is 7.21. The smallest absolute Gasteiger partial charge is 0.412 e. The minimum Gasteiger partial charge on any atom is -0.481 e. The van der Waals surface area contributed by atoms with E-state index in [-0.39, 0.29) is 18.9 Å². The van der Waals surface area contributed by atoms with E-state index in [9.17, 15) is 9.59 Å². The summed E-state index contributed by atoms with van der Waals surface area (Å²) in [5, 5.41) is 11.8. The number of halogens is 1. The fourth-order valence-electron chi connectivity index (χ4n) is 1.89. The van der Waals surface area contributed by atoms with Crippen molar-refractivity contribution in [3.8, 4) is 0 Å². The van der Waals surface area contributed by atoms with Crippen LogP contribution in [0.2, 0.25) is 5.02 Å². The average molecular weight is 329 g/mol. The SMILES string of the molecule is CC(C)(C)OC(=O)Nc1ccc(C(CN)CC(=O)O)c(Cl)c1. The van der Waals surface area contributed by atoms with Gasteiger partial charge in [0.2, 0.25) is 0 Å². The van der Waals surface area contributed by atoms with Gasteiger partial charge < -0.3 is 15.6 Å². The molecule has 4 N–H and O–H groups in total. The van der Waals surface area contributed by atoms with E-state index in [1.807, 2.05) is 0 Å². The molecule has 1 aromatic rings. The molecule has 0 saturated carbocycles. The summed E-state index contributed by atoms with van der Waals surface area (Å²) in [5.41, 5.74) is 6.11. The number of rotatable bonds is 5. The molecule has 0 radical (unpaired) electrons. The number of amides is 1. The summed E-state index contributed by atoms with van der Waals surface area (Å²) in [6.45, 7) is 5.46. The van der Waals surface area contributed by atoms with Crippen LogP contribution in [0, 0.1) is 0 Å². The molecule has 0 aliphatic rings. The zero-order chi connectivity index (χ0) is 16.9. The summed E-state index contributed by atoms with van der Waals surface area (Å²) >= 11 is 6.16. The van der Waals surface area contributed by atoms with Crippen molar-refractivity contribution in [3.05, 3.63) is 28.8 Å². The largest absolute Gasteiger partial charge is 0.481 e. The Morgan fingerprint density at radius 1 is 1.41 bits per heavy atom. The third-order valence-corrected chi connectivity index (χ3v) is 3.12. The van der Waals surface area contributed by atoms with E-state index in [2.05, 4.69) is 5.32 Å². The molecule has 0 aliphatic heterocycles. The molecular weight excluding hydrogens is 308 g/mol. The Morgan fingerprint density at radius 3 is 2.50 bits per heavy atom. The van der Waals surface area contributed by atoms with E-state index in [1.54, 1.807) is 39.0 Å². The zero-order valence-corrected chi connectivity index (χ0v) is 13.6. The van der Waals surface area contributed by atoms with Gasteiger partial charge in [-0.05, 0) is 45.0 Å². The van der Waals surface area contributed by atoms with E-state index in [1.165, 1.54) is 0 Å². The molecule has 1 unspecified atom stereocenters. The number of nitrogens with two attached hydrogens (primary N) is 1. The molecule has 0 heterocycles. The number of carboxylic acids is 1. The Balaban J connectivity index is 2.85. The summed E-state index contributed by atoms with van der Waals surface area (Å²) < 4.78 is 5.14. The highest BCUT2D eigenvalue weighted by Crippen LogP contribution is 2.29. The van der Waals surface area contributed by atoms with E-state index in [0.29, 0.717) is 16.3 Å². The first-order valence-electron chi connectivity index (χ1n) is 6.83. The molecule has 1 aromatic carbocycles. The molecule has 0 aromatic heterocycles. The van der Waals surface area contributed by atoms with Gasteiger partial charge in [0.25, 0.3) is 0 Å². The molecule has 6 nitrogen and oxygen atoms in total. The first kappa shape index (κ1) is 18.3. The Morgan fingerprint density at radius 2 is 2.05 bits per heavy atom. The van der Waals surface area contributed by atoms with E-state index in [4.69, 9.17) is 27.2 Å². The number of nitrogens with one attached hydrogen (secondary N) is 1. The molecule has 7 heteroatoms. The van der Waals surface area contributed by atoms with Crippen molar-refractivity contribution in [2.24, 2.45) is 5.73 Å². The van der Waals surface area contributed by atoms with Crippen LogP contribution >= 0.6 is 11.6 Å². The molecule has 0 saturated heterocycles. The predicted octanol–water partition coefficient (Wildman–Crippen LogP) is 3.20. The highest BCUT2D eigenvalue weighted by Gasteiger charge is 2.19. The quantitative estimate of drug-likeness (QED) is 0.770. The first-order chi connectivity index (χ1) is 10.1. The average Bonchev–Trinajstić information content (AvgIpc) is 2.33. The van der Waals surface area contributed by atoms with Gasteiger partial charge in [0.05, 0.1) is 6.42 Å². The van der Waals surface area contributed by atoms with Gasteiger partial charge in [-0.25, -0.2) is 4.79 Å². The van der Waals surface area contributed by atoms with Crippen molar-refractivity contribution >= 4 is 29.4 Å². The maximum atomic E-state index is 11.7. The standard InChI is InChI=1S/C15H21ClN2O4/c1-15(2,3)22-14(21)18-10-4-5-11(12(16)7-10)9(8-17)6-13(19)20/h4-5,7,9H,6,8,17H2,1-3H3,(H,18,21)(H,19,20). The molecule has 0 fully saturated rings. The lowest BCUT2D eigenvalue weighted by Crippen LogP contribution is -2.27. The lowest BCUT2D eigenvalue weighted by atomic mass is 9.95. The second-order valence-electron chi connectivity index (χ2n) is 5.89. The minimum atomic E-state index is -0.942. The summed E-state index contributed by atoms with van der Waals surface area (Å²) in [6, 6.07) is 4.84. The van der Waals surface area contributed by atoms with Gasteiger partial charge >= 0.3 is 12.1 Å². The number of carboxylic acid groups (broad SMARTS) is 1. The fraction of sp³-hybridized carbons (Fsp3) is 0.467. The Hall–Kier alpha value is -1.79. The normalized spacial score (nSPS) is 12.6. The predicted molar refractivity (Wildman–Crippen MR) is 85.4 cm³/mol. The molecule has 1 amide bonds. The second-order valence-corrected chi connectivity index (χ2v) is 6.30. The summed E-state index contributed by atoms with van der Waals surface area (Å²) in [4.78, 5) is 22.5. The Kier molecular flexibility index (Phi) is 6.20. The highest BCUT2D eigenvalue weighted by atomic mass is 35.5. The van der Waals surface area contributed by atoms with Gasteiger partial charge in [0.1, 0.15) is 5.60 Å². The van der Waals surface area contributed by atoms with Gasteiger partial charge in [-0.2, -0.15) is 0 Å². The topological polar surface area (TPSA) is 102 Å². The number of benzene rings is 1. The third kappa shape index (κ3) is 5.91. The van der Waals surface area contributed by atoms with E-state index in [0.717, 1.165) is 0 Å². The van der Waals surface area contributed by atoms with Crippen LogP contribution in [0.1, 0.15) is 38.7 Å². The van der Waals surface area contributed by atoms with Crippen molar-refractivity contribution in [2.75, 3.05) is 11.9 Å². The van der Waals surface area contributed by atoms with Crippen LogP contribution in [-0.4, -0.2) is 29.3 Å². The van der Waals surface area contributed by atoms with Crippen molar-refractivity contribution < 1.29 is 19.4 Å². The van der Waals surface area contributed by atoms with Gasteiger partial charge in [-0.3, -0.25) is 10.1 Å².